The van der Waals surface area contributed by atoms with Crippen molar-refractivity contribution in [2.75, 3.05) is 19.3 Å². The number of hydrogen-bond donors (Lipinski definition) is 1. The molecule has 1 atom stereocenters. The molecule has 0 saturated carbocycles. The van der Waals surface area contributed by atoms with E-state index in [0.29, 0.717) is 6.04 Å². The average molecular weight is 280 g/mol. The summed E-state index contributed by atoms with van der Waals surface area (Å²) in [6.45, 7) is 1.12. The maximum atomic E-state index is 6.08. The Morgan fingerprint density at radius 2 is 1.90 bits per heavy atom. The lowest BCUT2D eigenvalue weighted by atomic mass is 9.86. The van der Waals surface area contributed by atoms with Crippen LogP contribution in [0, 0.1) is 0 Å². The fourth-order valence-electron chi connectivity index (χ4n) is 3.33. The summed E-state index contributed by atoms with van der Waals surface area (Å²) in [5.41, 5.74) is 11.3. The van der Waals surface area contributed by atoms with Crippen LogP contribution in [0.25, 0.3) is 0 Å². The van der Waals surface area contributed by atoms with Gasteiger partial charge in [-0.3, -0.25) is 0 Å². The number of fused-ring (bicyclic) bond motifs is 1. The quantitative estimate of drug-likeness (QED) is 0.871. The summed E-state index contributed by atoms with van der Waals surface area (Å²) in [7, 11) is 2.25. The molecule has 0 amide bonds. The highest BCUT2D eigenvalue weighted by molar-refractivity contribution is 5.52. The van der Waals surface area contributed by atoms with Crippen molar-refractivity contribution < 1.29 is 0 Å². The van der Waals surface area contributed by atoms with Crippen LogP contribution in [-0.4, -0.2) is 24.5 Å². The lowest BCUT2D eigenvalue weighted by Crippen LogP contribution is -2.37. The molecular weight excluding hydrogens is 256 g/mol. The van der Waals surface area contributed by atoms with Gasteiger partial charge in [-0.25, -0.2) is 0 Å². The van der Waals surface area contributed by atoms with Crippen molar-refractivity contribution >= 4 is 5.69 Å². The van der Waals surface area contributed by atoms with Gasteiger partial charge in [0.05, 0.1) is 0 Å². The molecule has 0 radical (unpaired) electrons. The zero-order valence-corrected chi connectivity index (χ0v) is 12.8. The first kappa shape index (κ1) is 14.2. The topological polar surface area (TPSA) is 29.3 Å². The van der Waals surface area contributed by atoms with Crippen molar-refractivity contribution in [1.29, 1.82) is 0 Å². The number of hydrogen-bond acceptors (Lipinski definition) is 2. The van der Waals surface area contributed by atoms with E-state index in [1.807, 2.05) is 6.07 Å². The molecule has 0 spiro atoms. The average Bonchev–Trinajstić information content (AvgIpc) is 2.53. The van der Waals surface area contributed by atoms with Gasteiger partial charge in [-0.1, -0.05) is 42.5 Å². The number of nitrogens with zero attached hydrogens (tertiary/aromatic N) is 1. The molecule has 3 rings (SSSR count). The summed E-state index contributed by atoms with van der Waals surface area (Å²) in [6, 6.07) is 17.7. The third-order valence-corrected chi connectivity index (χ3v) is 4.71. The van der Waals surface area contributed by atoms with Gasteiger partial charge < -0.3 is 10.6 Å². The normalized spacial score (nSPS) is 17.7. The van der Waals surface area contributed by atoms with Crippen LogP contribution in [0.3, 0.4) is 0 Å². The smallest absolute Gasteiger partial charge is 0.0349 e. The van der Waals surface area contributed by atoms with Crippen molar-refractivity contribution in [2.45, 2.75) is 31.7 Å². The molecule has 110 valence electrons. The molecule has 0 saturated heterocycles. The summed E-state index contributed by atoms with van der Waals surface area (Å²) >= 11 is 0. The van der Waals surface area contributed by atoms with E-state index in [1.54, 1.807) is 0 Å². The molecule has 2 aromatic rings. The molecule has 1 aliphatic rings. The van der Waals surface area contributed by atoms with Crippen LogP contribution in [0.1, 0.15) is 23.1 Å². The Labute approximate surface area is 127 Å². The number of anilines is 1. The lowest BCUT2D eigenvalue weighted by molar-refractivity contribution is 0.224. The highest BCUT2D eigenvalue weighted by Gasteiger charge is 2.22. The van der Waals surface area contributed by atoms with Gasteiger partial charge in [0.25, 0.3) is 0 Å². The van der Waals surface area contributed by atoms with Gasteiger partial charge in [0.15, 0.2) is 0 Å². The Morgan fingerprint density at radius 3 is 2.71 bits per heavy atom. The predicted octanol–water partition coefficient (Wildman–Crippen LogP) is 3.30. The van der Waals surface area contributed by atoms with Gasteiger partial charge in [0, 0.05) is 18.3 Å². The number of nitrogen functional groups attached to an aromatic ring is 1. The monoisotopic (exact) mass is 280 g/mol. The van der Waals surface area contributed by atoms with Crippen LogP contribution in [0.2, 0.25) is 0 Å². The molecule has 2 nitrogen and oxygen atoms in total. The molecule has 0 aromatic heterocycles. The standard InChI is InChI=1S/C19H24N2/c1-21(13-12-15-6-3-2-4-7-15)17-10-11-18-16(14-17)8-5-9-19(18)20/h2-9,17H,10-14,20H2,1H3. The first-order chi connectivity index (χ1) is 10.2. The Morgan fingerprint density at radius 1 is 1.10 bits per heavy atom. The molecule has 0 aliphatic heterocycles. The summed E-state index contributed by atoms with van der Waals surface area (Å²) in [5, 5.41) is 0. The number of rotatable bonds is 4. The van der Waals surface area contributed by atoms with E-state index in [1.165, 1.54) is 23.1 Å². The van der Waals surface area contributed by atoms with Gasteiger partial charge >= 0.3 is 0 Å². The van der Waals surface area contributed by atoms with Crippen LogP contribution in [0.4, 0.5) is 5.69 Å². The second-order valence-electron chi connectivity index (χ2n) is 6.10. The number of nitrogens with two attached hydrogens (primary N) is 1. The summed E-state index contributed by atoms with van der Waals surface area (Å²) in [5.74, 6) is 0. The fourth-order valence-corrected chi connectivity index (χ4v) is 3.33. The Bertz CT molecular complexity index is 592. The highest BCUT2D eigenvalue weighted by Crippen LogP contribution is 2.28. The number of likely N-dealkylation sites (N-methyl/N-ethyl adjacent to an activating group) is 1. The second-order valence-corrected chi connectivity index (χ2v) is 6.10. The second kappa shape index (κ2) is 6.31. The van der Waals surface area contributed by atoms with Gasteiger partial charge in [0.2, 0.25) is 0 Å². The predicted molar refractivity (Wildman–Crippen MR) is 89.4 cm³/mol. The van der Waals surface area contributed by atoms with E-state index >= 15 is 0 Å². The van der Waals surface area contributed by atoms with Crippen molar-refractivity contribution in [1.82, 2.24) is 4.90 Å². The van der Waals surface area contributed by atoms with Gasteiger partial charge in [-0.05, 0) is 55.5 Å². The van der Waals surface area contributed by atoms with Crippen LogP contribution < -0.4 is 5.73 Å². The molecule has 2 heteroatoms. The van der Waals surface area contributed by atoms with Gasteiger partial charge in [0.1, 0.15) is 0 Å². The molecular formula is C19H24N2. The van der Waals surface area contributed by atoms with Crippen LogP contribution >= 0.6 is 0 Å². The van der Waals surface area contributed by atoms with E-state index in [4.69, 9.17) is 5.73 Å². The Balaban J connectivity index is 1.60. The van der Waals surface area contributed by atoms with Gasteiger partial charge in [-0.2, -0.15) is 0 Å². The minimum atomic E-state index is 0.642. The summed E-state index contributed by atoms with van der Waals surface area (Å²) in [6.07, 6.45) is 4.58. The van der Waals surface area contributed by atoms with E-state index in [-0.39, 0.29) is 0 Å². The van der Waals surface area contributed by atoms with Crippen LogP contribution in [0.5, 0.6) is 0 Å². The van der Waals surface area contributed by atoms with Crippen molar-refractivity contribution in [3.63, 3.8) is 0 Å². The van der Waals surface area contributed by atoms with Crippen LogP contribution in [-0.2, 0) is 19.3 Å². The molecule has 0 heterocycles. The van der Waals surface area contributed by atoms with E-state index < -0.39 is 0 Å². The molecule has 1 aliphatic carbocycles. The maximum absolute atomic E-state index is 6.08. The fraction of sp³-hybridized carbons (Fsp3) is 0.368. The zero-order chi connectivity index (χ0) is 14.7. The molecule has 1 unspecified atom stereocenters. The van der Waals surface area contributed by atoms with Crippen molar-refractivity contribution in [2.24, 2.45) is 0 Å². The first-order valence-corrected chi connectivity index (χ1v) is 7.84. The number of benzene rings is 2. The van der Waals surface area contributed by atoms with Crippen molar-refractivity contribution in [3.05, 3.63) is 65.2 Å². The summed E-state index contributed by atoms with van der Waals surface area (Å²) < 4.78 is 0. The first-order valence-electron chi connectivity index (χ1n) is 7.84. The van der Waals surface area contributed by atoms with Crippen molar-refractivity contribution in [3.8, 4) is 0 Å². The van der Waals surface area contributed by atoms with E-state index in [2.05, 4.69) is 54.4 Å². The Kier molecular flexibility index (Phi) is 4.26. The minimum Gasteiger partial charge on any atom is -0.398 e. The SMILES string of the molecule is CN(CCc1ccccc1)C1CCc2c(N)cccc2C1. The molecule has 21 heavy (non-hydrogen) atoms. The Hall–Kier alpha value is -1.80. The lowest BCUT2D eigenvalue weighted by Gasteiger charge is -2.33. The summed E-state index contributed by atoms with van der Waals surface area (Å²) in [4.78, 5) is 2.51. The molecule has 0 bridgehead atoms. The van der Waals surface area contributed by atoms with Crippen LogP contribution in [0.15, 0.2) is 48.5 Å². The van der Waals surface area contributed by atoms with E-state index in [0.717, 1.165) is 31.5 Å². The molecule has 2 N–H and O–H groups in total. The van der Waals surface area contributed by atoms with E-state index in [9.17, 15) is 0 Å². The largest absolute Gasteiger partial charge is 0.398 e. The third kappa shape index (κ3) is 3.27. The minimum absolute atomic E-state index is 0.642. The molecule has 0 fully saturated rings. The third-order valence-electron chi connectivity index (χ3n) is 4.71. The maximum Gasteiger partial charge on any atom is 0.0349 e. The zero-order valence-electron chi connectivity index (χ0n) is 12.8. The van der Waals surface area contributed by atoms with Gasteiger partial charge in [-0.15, -0.1) is 0 Å². The molecule has 2 aromatic carbocycles. The highest BCUT2D eigenvalue weighted by atomic mass is 15.1.